The van der Waals surface area contributed by atoms with Crippen LogP contribution < -0.4 is 12.4 Å². The summed E-state index contributed by atoms with van der Waals surface area (Å²) in [7, 11) is 0. The molecule has 0 saturated heterocycles. The van der Waals surface area contributed by atoms with Crippen LogP contribution in [0.5, 0.6) is 0 Å². The molecule has 0 atom stereocenters. The van der Waals surface area contributed by atoms with E-state index in [-0.39, 0.29) is 38.3 Å². The van der Waals surface area contributed by atoms with Crippen LogP contribution in [0, 0.1) is 18.6 Å². The third-order valence-corrected chi connectivity index (χ3v) is 2.49. The predicted octanol–water partition coefficient (Wildman–Crippen LogP) is 1.77. The fraction of sp³-hybridized carbons (Fsp3) is 0.438. The van der Waals surface area contributed by atoms with Crippen molar-refractivity contribution in [2.75, 3.05) is 0 Å². The first-order valence-electron chi connectivity index (χ1n) is 6.25. The molecule has 0 aromatic heterocycles. The maximum absolute atomic E-state index is 2.99. The average Bonchev–Trinajstić information content (AvgIpc) is 3.10. The van der Waals surface area contributed by atoms with Gasteiger partial charge in [0.2, 0.25) is 0 Å². The Balaban J connectivity index is 0. The molecule has 3 rings (SSSR count). The van der Waals surface area contributed by atoms with Crippen molar-refractivity contribution < 1.29 is 38.3 Å². The molecule has 96 valence electrons. The van der Waals surface area contributed by atoms with Gasteiger partial charge in [-0.15, -0.1) is 12.8 Å². The predicted molar refractivity (Wildman–Crippen MR) is 70.5 cm³/mol. The van der Waals surface area contributed by atoms with Crippen LogP contribution >= 0.6 is 0 Å². The molecule has 18 heavy (non-hydrogen) atoms. The third kappa shape index (κ3) is 14.2. The Labute approximate surface area is 138 Å². The normalized spacial score (nSPS) is 17.8. The van der Waals surface area contributed by atoms with E-state index in [0.29, 0.717) is 0 Å². The van der Waals surface area contributed by atoms with Crippen LogP contribution in [0.15, 0.2) is 36.5 Å². The number of halogens is 1. The molecule has 3 aliphatic carbocycles. The van der Waals surface area contributed by atoms with Crippen LogP contribution in [-0.2, 0) is 25.8 Å². The Morgan fingerprint density at radius 3 is 1.39 bits per heavy atom. The van der Waals surface area contributed by atoms with E-state index in [1.807, 2.05) is 24.3 Å². The van der Waals surface area contributed by atoms with Crippen molar-refractivity contribution in [1.82, 2.24) is 0 Å². The molecular weight excluding hydrogens is 406 g/mol. The van der Waals surface area contributed by atoms with Gasteiger partial charge in [-0.05, 0) is 0 Å². The van der Waals surface area contributed by atoms with Gasteiger partial charge in [-0.3, -0.25) is 12.2 Å². The maximum Gasteiger partial charge on any atom is 4.00 e. The SMILES string of the molecule is [C-]1=CC=CC1.[C-]1=CC=CC1.[CH-]1CCCCC1.[Cl-].[Hf+4]. The van der Waals surface area contributed by atoms with E-state index in [2.05, 4.69) is 30.7 Å². The van der Waals surface area contributed by atoms with Crippen LogP contribution in [0.2, 0.25) is 0 Å². The Morgan fingerprint density at radius 2 is 1.28 bits per heavy atom. The van der Waals surface area contributed by atoms with Crippen molar-refractivity contribution in [1.29, 1.82) is 0 Å². The van der Waals surface area contributed by atoms with Gasteiger partial charge in [0.25, 0.3) is 0 Å². The summed E-state index contributed by atoms with van der Waals surface area (Å²) in [6.45, 7) is 0. The van der Waals surface area contributed by atoms with Crippen molar-refractivity contribution in [2.24, 2.45) is 0 Å². The zero-order chi connectivity index (χ0) is 11.3. The molecular formula is C16H21ClHf. The van der Waals surface area contributed by atoms with Crippen LogP contribution in [0.1, 0.15) is 44.9 Å². The van der Waals surface area contributed by atoms with E-state index in [9.17, 15) is 0 Å². The first-order chi connectivity index (χ1) is 8.00. The molecule has 2 heteroatoms. The molecule has 0 nitrogen and oxygen atoms in total. The minimum absolute atomic E-state index is 0. The molecule has 0 amide bonds. The molecule has 1 fully saturated rings. The fourth-order valence-corrected chi connectivity index (χ4v) is 1.58. The summed E-state index contributed by atoms with van der Waals surface area (Å²) in [6, 6.07) is 0. The largest absolute Gasteiger partial charge is 4.00 e. The molecule has 0 aromatic rings. The van der Waals surface area contributed by atoms with Gasteiger partial charge >= 0.3 is 25.8 Å². The summed E-state index contributed by atoms with van der Waals surface area (Å²) in [5, 5.41) is 0. The zero-order valence-corrected chi connectivity index (χ0v) is 15.2. The second-order valence-electron chi connectivity index (χ2n) is 3.93. The molecule has 1 saturated carbocycles. The minimum Gasteiger partial charge on any atom is -1.00 e. The second-order valence-corrected chi connectivity index (χ2v) is 3.93. The summed E-state index contributed by atoms with van der Waals surface area (Å²) >= 11 is 0. The van der Waals surface area contributed by atoms with E-state index >= 15 is 0 Å². The van der Waals surface area contributed by atoms with Gasteiger partial charge in [-0.2, -0.15) is 25.0 Å². The molecule has 0 heterocycles. The molecule has 0 aromatic carbocycles. The molecule has 0 aliphatic heterocycles. The van der Waals surface area contributed by atoms with Crippen LogP contribution in [-0.4, -0.2) is 0 Å². The van der Waals surface area contributed by atoms with Crippen molar-refractivity contribution in [3.8, 4) is 0 Å². The molecule has 0 unspecified atom stereocenters. The number of hydrogen-bond acceptors (Lipinski definition) is 0. The van der Waals surface area contributed by atoms with Gasteiger partial charge in [0.1, 0.15) is 0 Å². The van der Waals surface area contributed by atoms with Crippen LogP contribution in [0.3, 0.4) is 0 Å². The first kappa shape index (κ1) is 20.4. The summed E-state index contributed by atoms with van der Waals surface area (Å²) in [4.78, 5) is 0. The quantitative estimate of drug-likeness (QED) is 0.409. The van der Waals surface area contributed by atoms with E-state index in [4.69, 9.17) is 0 Å². The van der Waals surface area contributed by atoms with Gasteiger partial charge in [-0.25, -0.2) is 24.3 Å². The molecule has 3 aliphatic rings. The Kier molecular flexibility index (Phi) is 19.4. The third-order valence-electron chi connectivity index (χ3n) is 2.49. The van der Waals surface area contributed by atoms with E-state index < -0.39 is 0 Å². The molecule has 0 spiro atoms. The van der Waals surface area contributed by atoms with Crippen LogP contribution in [0.4, 0.5) is 0 Å². The smallest absolute Gasteiger partial charge is 1.00 e. The maximum atomic E-state index is 2.99. The topological polar surface area (TPSA) is 0 Å². The molecule has 0 radical (unpaired) electrons. The van der Waals surface area contributed by atoms with Crippen molar-refractivity contribution >= 4 is 0 Å². The molecule has 0 bridgehead atoms. The summed E-state index contributed by atoms with van der Waals surface area (Å²) in [5.74, 6) is 0. The monoisotopic (exact) mass is 428 g/mol. The van der Waals surface area contributed by atoms with E-state index in [1.165, 1.54) is 32.1 Å². The first-order valence-corrected chi connectivity index (χ1v) is 6.25. The Hall–Kier alpha value is 0.120. The van der Waals surface area contributed by atoms with Crippen LogP contribution in [0.25, 0.3) is 0 Å². The van der Waals surface area contributed by atoms with Gasteiger partial charge in [-0.1, -0.05) is 19.3 Å². The van der Waals surface area contributed by atoms with Crippen molar-refractivity contribution in [2.45, 2.75) is 44.9 Å². The number of allylic oxidation sites excluding steroid dienone is 8. The average molecular weight is 427 g/mol. The number of rotatable bonds is 0. The number of hydrogen-bond donors (Lipinski definition) is 0. The van der Waals surface area contributed by atoms with E-state index in [1.54, 1.807) is 0 Å². The molecule has 0 N–H and O–H groups in total. The summed E-state index contributed by atoms with van der Waals surface area (Å²) in [5.41, 5.74) is 0. The Morgan fingerprint density at radius 1 is 0.778 bits per heavy atom. The van der Waals surface area contributed by atoms with Crippen molar-refractivity contribution in [3.05, 3.63) is 55.0 Å². The van der Waals surface area contributed by atoms with Gasteiger partial charge in [0, 0.05) is 0 Å². The minimum atomic E-state index is 0. The van der Waals surface area contributed by atoms with Gasteiger partial charge in [0.05, 0.1) is 0 Å². The summed E-state index contributed by atoms with van der Waals surface area (Å²) in [6.07, 6.45) is 29.5. The Bertz CT molecular complexity index is 207. The fourth-order valence-electron chi connectivity index (χ4n) is 1.58. The second kappa shape index (κ2) is 17.1. The van der Waals surface area contributed by atoms with Crippen molar-refractivity contribution in [3.63, 3.8) is 0 Å². The zero-order valence-electron chi connectivity index (χ0n) is 10.9. The standard InChI is InChI=1S/C6H11.2C5H5.ClH.Hf/c1-2-4-6-5-3-1;2*1-2-4-5-3-1;;/h1H,2-6H2;2*1-3H,4H2;1H;/q3*-1;;+4/p-1. The van der Waals surface area contributed by atoms with Gasteiger partial charge in [0.15, 0.2) is 0 Å². The van der Waals surface area contributed by atoms with E-state index in [0.717, 1.165) is 12.8 Å². The summed E-state index contributed by atoms with van der Waals surface area (Å²) < 4.78 is 0. The van der Waals surface area contributed by atoms with Gasteiger partial charge < -0.3 is 18.8 Å².